The summed E-state index contributed by atoms with van der Waals surface area (Å²) < 4.78 is 5.46. The van der Waals surface area contributed by atoms with E-state index in [2.05, 4.69) is 5.43 Å². The first kappa shape index (κ1) is 19.5. The third kappa shape index (κ3) is 4.60. The molecule has 1 N–H and O–H groups in total. The number of carbonyl (C=O) groups excluding carboxylic acids is 2. The van der Waals surface area contributed by atoms with E-state index in [-0.39, 0.29) is 24.8 Å². The summed E-state index contributed by atoms with van der Waals surface area (Å²) in [6, 6.07) is 27.0. The van der Waals surface area contributed by atoms with Gasteiger partial charge in [0.05, 0.1) is 17.9 Å². The Hall–Kier alpha value is -3.80. The minimum absolute atomic E-state index is 0.0111. The Labute approximate surface area is 175 Å². The number of benzene rings is 3. The summed E-state index contributed by atoms with van der Waals surface area (Å²) in [7, 11) is 0. The van der Waals surface area contributed by atoms with E-state index in [0.717, 1.165) is 11.3 Å². The van der Waals surface area contributed by atoms with Crippen molar-refractivity contribution in [3.63, 3.8) is 0 Å². The van der Waals surface area contributed by atoms with E-state index in [1.807, 2.05) is 89.9 Å². The number of nitrogens with zero attached hydrogens (tertiary/aromatic N) is 2. The van der Waals surface area contributed by atoms with E-state index in [1.54, 1.807) is 4.90 Å². The van der Waals surface area contributed by atoms with Crippen LogP contribution in [0.1, 0.15) is 12.0 Å². The molecule has 3 aromatic carbocycles. The molecule has 1 aliphatic heterocycles. The maximum atomic E-state index is 12.8. The fourth-order valence-corrected chi connectivity index (χ4v) is 3.39. The van der Waals surface area contributed by atoms with Gasteiger partial charge in [-0.1, -0.05) is 60.7 Å². The van der Waals surface area contributed by atoms with Crippen LogP contribution in [-0.4, -0.2) is 25.0 Å². The fourth-order valence-electron chi connectivity index (χ4n) is 3.39. The maximum Gasteiger partial charge on any atom is 0.265 e. The average Bonchev–Trinajstić information content (AvgIpc) is 2.79. The Bertz CT molecular complexity index is 1010. The van der Waals surface area contributed by atoms with Gasteiger partial charge in [0.2, 0.25) is 5.91 Å². The van der Waals surface area contributed by atoms with E-state index < -0.39 is 0 Å². The van der Waals surface area contributed by atoms with Gasteiger partial charge in [-0.05, 0) is 29.8 Å². The van der Waals surface area contributed by atoms with Gasteiger partial charge in [0.15, 0.2) is 6.61 Å². The van der Waals surface area contributed by atoms with Gasteiger partial charge in [0.1, 0.15) is 5.75 Å². The predicted molar refractivity (Wildman–Crippen MR) is 116 cm³/mol. The lowest BCUT2D eigenvalue weighted by molar-refractivity contribution is -0.122. The summed E-state index contributed by atoms with van der Waals surface area (Å²) >= 11 is 0. The van der Waals surface area contributed by atoms with Crippen LogP contribution in [0.15, 0.2) is 84.9 Å². The molecule has 4 rings (SSSR count). The summed E-state index contributed by atoms with van der Waals surface area (Å²) in [5.74, 6) is 0.352. The van der Waals surface area contributed by atoms with E-state index >= 15 is 0 Å². The van der Waals surface area contributed by atoms with Gasteiger partial charge in [-0.15, -0.1) is 0 Å². The quantitative estimate of drug-likeness (QED) is 0.615. The highest BCUT2D eigenvalue weighted by Crippen LogP contribution is 2.31. The topological polar surface area (TPSA) is 61.9 Å². The van der Waals surface area contributed by atoms with Crippen molar-refractivity contribution >= 4 is 23.2 Å². The minimum atomic E-state index is -0.161. The molecule has 1 aliphatic rings. The van der Waals surface area contributed by atoms with Crippen molar-refractivity contribution < 1.29 is 14.3 Å². The smallest absolute Gasteiger partial charge is 0.265 e. The zero-order chi connectivity index (χ0) is 20.8. The number of rotatable bonds is 7. The molecule has 30 heavy (non-hydrogen) atoms. The molecule has 1 heterocycles. The molecule has 6 nitrogen and oxygen atoms in total. The molecule has 0 radical (unpaired) electrons. The first-order valence-corrected chi connectivity index (χ1v) is 9.89. The zero-order valence-electron chi connectivity index (χ0n) is 16.5. The lowest BCUT2D eigenvalue weighted by atomic mass is 10.2. The molecule has 0 saturated carbocycles. The lowest BCUT2D eigenvalue weighted by Gasteiger charge is -2.30. The number of nitrogens with one attached hydrogen (secondary N) is 1. The third-order valence-electron chi connectivity index (χ3n) is 4.88. The van der Waals surface area contributed by atoms with Crippen LogP contribution < -0.4 is 20.1 Å². The minimum Gasteiger partial charge on any atom is -0.482 e. The Morgan fingerprint density at radius 1 is 0.933 bits per heavy atom. The van der Waals surface area contributed by atoms with Crippen molar-refractivity contribution in [3.05, 3.63) is 90.5 Å². The predicted octanol–water partition coefficient (Wildman–Crippen LogP) is 3.54. The SMILES string of the molecule is O=C(CCN1C(=O)COc2ccccc21)NN(Cc1ccccc1)c1ccccc1. The fraction of sp³-hybridized carbons (Fsp3) is 0.167. The lowest BCUT2D eigenvalue weighted by Crippen LogP contribution is -2.45. The monoisotopic (exact) mass is 401 g/mol. The van der Waals surface area contributed by atoms with E-state index in [1.165, 1.54) is 0 Å². The number of para-hydroxylation sites is 3. The van der Waals surface area contributed by atoms with E-state index in [4.69, 9.17) is 4.74 Å². The summed E-state index contributed by atoms with van der Waals surface area (Å²) in [6.07, 6.45) is 0.179. The summed E-state index contributed by atoms with van der Waals surface area (Å²) in [6.45, 7) is 0.817. The first-order chi connectivity index (χ1) is 14.7. The van der Waals surface area contributed by atoms with Gasteiger partial charge in [-0.25, -0.2) is 0 Å². The van der Waals surface area contributed by atoms with Crippen molar-refractivity contribution in [1.29, 1.82) is 0 Å². The van der Waals surface area contributed by atoms with Crippen LogP contribution in [0.2, 0.25) is 0 Å². The Balaban J connectivity index is 1.44. The highest BCUT2D eigenvalue weighted by molar-refractivity contribution is 5.98. The van der Waals surface area contributed by atoms with Crippen LogP contribution in [0, 0.1) is 0 Å². The second-order valence-corrected chi connectivity index (χ2v) is 6.99. The van der Waals surface area contributed by atoms with Gasteiger partial charge in [0, 0.05) is 13.0 Å². The highest BCUT2D eigenvalue weighted by Gasteiger charge is 2.25. The molecule has 0 aromatic heterocycles. The average molecular weight is 401 g/mol. The summed E-state index contributed by atoms with van der Waals surface area (Å²) in [5, 5.41) is 1.83. The molecule has 0 bridgehead atoms. The normalized spacial score (nSPS) is 12.7. The second kappa shape index (κ2) is 9.13. The van der Waals surface area contributed by atoms with Gasteiger partial charge < -0.3 is 9.64 Å². The standard InChI is InChI=1S/C24H23N3O3/c28-23(15-16-26-21-13-7-8-14-22(21)30-18-24(26)29)25-27(20-11-5-2-6-12-20)17-19-9-3-1-4-10-19/h1-14H,15-18H2,(H,25,28). The van der Waals surface area contributed by atoms with Crippen molar-refractivity contribution in [1.82, 2.24) is 5.43 Å². The largest absolute Gasteiger partial charge is 0.482 e. The van der Waals surface area contributed by atoms with Crippen molar-refractivity contribution in [2.45, 2.75) is 13.0 Å². The van der Waals surface area contributed by atoms with Crippen molar-refractivity contribution in [3.8, 4) is 5.75 Å². The summed E-state index contributed by atoms with van der Waals surface area (Å²) in [5.41, 5.74) is 5.66. The Morgan fingerprint density at radius 3 is 2.37 bits per heavy atom. The molecule has 3 aromatic rings. The first-order valence-electron chi connectivity index (χ1n) is 9.89. The molecule has 0 fully saturated rings. The number of fused-ring (bicyclic) bond motifs is 1. The molecule has 2 amide bonds. The zero-order valence-corrected chi connectivity index (χ0v) is 16.5. The molecular weight excluding hydrogens is 378 g/mol. The van der Waals surface area contributed by atoms with E-state index in [9.17, 15) is 9.59 Å². The molecule has 0 aliphatic carbocycles. The van der Waals surface area contributed by atoms with Crippen LogP contribution in [-0.2, 0) is 16.1 Å². The molecule has 6 heteroatoms. The maximum absolute atomic E-state index is 12.8. The molecule has 0 saturated heterocycles. The van der Waals surface area contributed by atoms with Crippen LogP contribution in [0.3, 0.4) is 0 Å². The Morgan fingerprint density at radius 2 is 1.60 bits per heavy atom. The Kier molecular flexibility index (Phi) is 5.94. The molecule has 0 atom stereocenters. The van der Waals surface area contributed by atoms with Crippen molar-refractivity contribution in [2.24, 2.45) is 0 Å². The van der Waals surface area contributed by atoms with Gasteiger partial charge in [-0.3, -0.25) is 20.0 Å². The van der Waals surface area contributed by atoms with E-state index in [0.29, 0.717) is 24.5 Å². The van der Waals surface area contributed by atoms with Gasteiger partial charge >= 0.3 is 0 Å². The number of hydrazine groups is 1. The number of amides is 2. The van der Waals surface area contributed by atoms with Crippen LogP contribution in [0.25, 0.3) is 0 Å². The molecular formula is C24H23N3O3. The molecule has 0 unspecified atom stereocenters. The van der Waals surface area contributed by atoms with Crippen LogP contribution in [0.4, 0.5) is 11.4 Å². The highest BCUT2D eigenvalue weighted by atomic mass is 16.5. The second-order valence-electron chi connectivity index (χ2n) is 6.99. The number of hydrogen-bond acceptors (Lipinski definition) is 4. The number of carbonyl (C=O) groups is 2. The van der Waals surface area contributed by atoms with Crippen LogP contribution >= 0.6 is 0 Å². The van der Waals surface area contributed by atoms with Crippen molar-refractivity contribution in [2.75, 3.05) is 23.1 Å². The third-order valence-corrected chi connectivity index (χ3v) is 4.88. The van der Waals surface area contributed by atoms with Gasteiger partial charge in [0.25, 0.3) is 5.91 Å². The van der Waals surface area contributed by atoms with Gasteiger partial charge in [-0.2, -0.15) is 0 Å². The summed E-state index contributed by atoms with van der Waals surface area (Å²) in [4.78, 5) is 26.7. The van der Waals surface area contributed by atoms with Crippen LogP contribution in [0.5, 0.6) is 5.75 Å². The number of hydrogen-bond donors (Lipinski definition) is 1. The molecule has 0 spiro atoms. The number of anilines is 2. The number of ether oxygens (including phenoxy) is 1. The molecule has 152 valence electrons.